The van der Waals surface area contributed by atoms with E-state index in [0.29, 0.717) is 47.5 Å². The van der Waals surface area contributed by atoms with Crippen molar-refractivity contribution in [2.24, 2.45) is 0 Å². The van der Waals surface area contributed by atoms with E-state index >= 15 is 0 Å². The van der Waals surface area contributed by atoms with Gasteiger partial charge in [-0.25, -0.2) is 9.37 Å². The van der Waals surface area contributed by atoms with Gasteiger partial charge in [0.1, 0.15) is 11.3 Å². The molecule has 0 N–H and O–H groups in total. The van der Waals surface area contributed by atoms with Crippen LogP contribution in [0.5, 0.6) is 0 Å². The maximum atomic E-state index is 13.3. The summed E-state index contributed by atoms with van der Waals surface area (Å²) in [5.74, 6) is -0.577. The van der Waals surface area contributed by atoms with Crippen LogP contribution in [0.15, 0.2) is 42.5 Å². The second-order valence-electron chi connectivity index (χ2n) is 6.50. The van der Waals surface area contributed by atoms with Crippen molar-refractivity contribution < 1.29 is 13.9 Å². The number of halogens is 2. The Labute approximate surface area is 171 Å². The molecule has 1 aromatic heterocycles. The lowest BCUT2D eigenvalue weighted by Gasteiger charge is -2.29. The van der Waals surface area contributed by atoms with Crippen LogP contribution in [-0.2, 0) is 4.74 Å². The number of morpholine rings is 1. The fourth-order valence-electron chi connectivity index (χ4n) is 3.12. The van der Waals surface area contributed by atoms with Crippen molar-refractivity contribution in [2.75, 3.05) is 44.3 Å². The maximum absolute atomic E-state index is 13.3. The average Bonchev–Trinajstić information content (AvgIpc) is 3.15. The largest absolute Gasteiger partial charge is 0.379 e. The predicted octanol–water partition coefficient (Wildman–Crippen LogP) is 4.07. The number of hydrogen-bond donors (Lipinski definition) is 0. The second kappa shape index (κ2) is 8.53. The Kier molecular flexibility index (Phi) is 5.87. The van der Waals surface area contributed by atoms with Crippen LogP contribution in [0.25, 0.3) is 10.2 Å². The Bertz CT molecular complexity index is 973. The van der Waals surface area contributed by atoms with E-state index in [1.54, 1.807) is 11.0 Å². The van der Waals surface area contributed by atoms with Crippen LogP contribution in [0, 0.1) is 5.82 Å². The highest BCUT2D eigenvalue weighted by molar-refractivity contribution is 7.22. The summed E-state index contributed by atoms with van der Waals surface area (Å²) in [6, 6.07) is 11.2. The molecule has 8 heteroatoms. The van der Waals surface area contributed by atoms with E-state index in [-0.39, 0.29) is 11.7 Å². The fraction of sp³-hybridized carbons (Fsp3) is 0.300. The van der Waals surface area contributed by atoms with Gasteiger partial charge in [0.05, 0.1) is 22.9 Å². The SMILES string of the molecule is O=C(c1ccc(F)cc1)N(CCN1CCOCC1)c1nc2c(Cl)cccc2s1. The molecular weight excluding hydrogens is 401 g/mol. The number of anilines is 1. The standard InChI is InChI=1S/C20H19ClFN3O2S/c21-16-2-1-3-17-18(16)23-20(28-17)25(9-8-24-10-12-27-13-11-24)19(26)14-4-6-15(22)7-5-14/h1-7H,8-13H2. The van der Waals surface area contributed by atoms with E-state index < -0.39 is 0 Å². The first-order valence-corrected chi connectivity index (χ1v) is 10.2. The Morgan fingerprint density at radius 3 is 2.68 bits per heavy atom. The lowest BCUT2D eigenvalue weighted by molar-refractivity contribution is 0.0391. The zero-order valence-corrected chi connectivity index (χ0v) is 16.7. The summed E-state index contributed by atoms with van der Waals surface area (Å²) in [4.78, 5) is 21.7. The molecule has 1 amide bonds. The van der Waals surface area contributed by atoms with E-state index in [0.717, 1.165) is 17.8 Å². The van der Waals surface area contributed by atoms with Gasteiger partial charge in [-0.1, -0.05) is 29.0 Å². The van der Waals surface area contributed by atoms with Crippen LogP contribution >= 0.6 is 22.9 Å². The molecule has 4 rings (SSSR count). The Hall–Kier alpha value is -2.06. The van der Waals surface area contributed by atoms with E-state index in [4.69, 9.17) is 16.3 Å². The van der Waals surface area contributed by atoms with Gasteiger partial charge in [-0.2, -0.15) is 0 Å². The molecule has 0 bridgehead atoms. The highest BCUT2D eigenvalue weighted by atomic mass is 35.5. The van der Waals surface area contributed by atoms with Gasteiger partial charge in [-0.15, -0.1) is 0 Å². The highest BCUT2D eigenvalue weighted by Crippen LogP contribution is 2.33. The Balaban J connectivity index is 1.64. The van der Waals surface area contributed by atoms with Gasteiger partial charge < -0.3 is 4.74 Å². The summed E-state index contributed by atoms with van der Waals surface area (Å²) in [7, 11) is 0. The van der Waals surface area contributed by atoms with Gasteiger partial charge >= 0.3 is 0 Å². The number of thiazole rings is 1. The predicted molar refractivity (Wildman–Crippen MR) is 110 cm³/mol. The molecule has 0 aliphatic carbocycles. The number of fused-ring (bicyclic) bond motifs is 1. The molecule has 0 atom stereocenters. The van der Waals surface area contributed by atoms with Crippen LogP contribution in [0.2, 0.25) is 5.02 Å². The van der Waals surface area contributed by atoms with E-state index in [9.17, 15) is 9.18 Å². The zero-order chi connectivity index (χ0) is 19.5. The van der Waals surface area contributed by atoms with Crippen LogP contribution in [0.1, 0.15) is 10.4 Å². The molecule has 0 spiro atoms. The Morgan fingerprint density at radius 2 is 1.96 bits per heavy atom. The van der Waals surface area contributed by atoms with Crippen molar-refractivity contribution in [1.82, 2.24) is 9.88 Å². The van der Waals surface area contributed by atoms with Gasteiger partial charge in [0.2, 0.25) is 0 Å². The van der Waals surface area contributed by atoms with Crippen molar-refractivity contribution >= 4 is 44.2 Å². The third-order valence-corrected chi connectivity index (χ3v) is 6.02. The molecule has 3 aromatic rings. The van der Waals surface area contributed by atoms with Crippen LogP contribution in [0.3, 0.4) is 0 Å². The van der Waals surface area contributed by atoms with Crippen LogP contribution < -0.4 is 4.90 Å². The van der Waals surface area contributed by atoms with Crippen molar-refractivity contribution in [3.8, 4) is 0 Å². The summed E-state index contributed by atoms with van der Waals surface area (Å²) in [5, 5.41) is 1.15. The molecule has 0 saturated carbocycles. The van der Waals surface area contributed by atoms with Gasteiger partial charge in [0, 0.05) is 31.7 Å². The number of rotatable bonds is 5. The van der Waals surface area contributed by atoms with E-state index in [1.165, 1.54) is 35.6 Å². The fourth-order valence-corrected chi connectivity index (χ4v) is 4.41. The lowest BCUT2D eigenvalue weighted by Crippen LogP contribution is -2.43. The van der Waals surface area contributed by atoms with Crippen molar-refractivity contribution in [1.29, 1.82) is 0 Å². The van der Waals surface area contributed by atoms with E-state index in [2.05, 4.69) is 9.88 Å². The first-order chi connectivity index (χ1) is 13.6. The van der Waals surface area contributed by atoms with Crippen molar-refractivity contribution in [3.63, 3.8) is 0 Å². The molecule has 2 heterocycles. The summed E-state index contributed by atoms with van der Waals surface area (Å²) < 4.78 is 19.6. The number of nitrogens with zero attached hydrogens (tertiary/aromatic N) is 3. The number of carbonyl (C=O) groups is 1. The minimum atomic E-state index is -0.372. The number of ether oxygens (including phenoxy) is 1. The summed E-state index contributed by atoms with van der Waals surface area (Å²) in [6.45, 7) is 4.26. The number of carbonyl (C=O) groups excluding carboxylic acids is 1. The third kappa shape index (κ3) is 4.17. The number of hydrogen-bond acceptors (Lipinski definition) is 5. The average molecular weight is 420 g/mol. The first-order valence-electron chi connectivity index (χ1n) is 9.04. The normalized spacial score (nSPS) is 15.1. The summed E-state index contributed by atoms with van der Waals surface area (Å²) >= 11 is 7.69. The zero-order valence-electron chi connectivity index (χ0n) is 15.1. The first kappa shape index (κ1) is 19.3. The van der Waals surface area contributed by atoms with Gasteiger partial charge in [0.15, 0.2) is 5.13 Å². The summed E-state index contributed by atoms with van der Waals surface area (Å²) in [6.07, 6.45) is 0. The summed E-state index contributed by atoms with van der Waals surface area (Å²) in [5.41, 5.74) is 1.11. The molecule has 1 aliphatic rings. The maximum Gasteiger partial charge on any atom is 0.260 e. The molecule has 146 valence electrons. The molecule has 5 nitrogen and oxygen atoms in total. The number of aromatic nitrogens is 1. The van der Waals surface area contributed by atoms with Crippen LogP contribution in [-0.4, -0.2) is 55.2 Å². The highest BCUT2D eigenvalue weighted by Gasteiger charge is 2.23. The topological polar surface area (TPSA) is 45.7 Å². The second-order valence-corrected chi connectivity index (χ2v) is 7.92. The van der Waals surface area contributed by atoms with Gasteiger partial charge in [-0.3, -0.25) is 14.6 Å². The molecule has 2 aromatic carbocycles. The van der Waals surface area contributed by atoms with Gasteiger partial charge in [0.25, 0.3) is 5.91 Å². The number of para-hydroxylation sites is 1. The monoisotopic (exact) mass is 419 g/mol. The molecule has 1 fully saturated rings. The van der Waals surface area contributed by atoms with E-state index in [1.807, 2.05) is 12.1 Å². The molecular formula is C20H19ClFN3O2S. The number of benzene rings is 2. The molecule has 0 unspecified atom stereocenters. The van der Waals surface area contributed by atoms with Crippen molar-refractivity contribution in [3.05, 3.63) is 58.9 Å². The Morgan fingerprint density at radius 1 is 1.21 bits per heavy atom. The molecule has 1 saturated heterocycles. The molecule has 1 aliphatic heterocycles. The lowest BCUT2D eigenvalue weighted by atomic mass is 10.2. The minimum Gasteiger partial charge on any atom is -0.379 e. The molecule has 0 radical (unpaired) electrons. The third-order valence-electron chi connectivity index (χ3n) is 4.67. The van der Waals surface area contributed by atoms with Crippen LogP contribution in [0.4, 0.5) is 9.52 Å². The minimum absolute atomic E-state index is 0.205. The number of amides is 1. The van der Waals surface area contributed by atoms with Gasteiger partial charge in [-0.05, 0) is 36.4 Å². The van der Waals surface area contributed by atoms with Crippen molar-refractivity contribution in [2.45, 2.75) is 0 Å². The molecule has 28 heavy (non-hydrogen) atoms. The quantitative estimate of drug-likeness (QED) is 0.625. The smallest absolute Gasteiger partial charge is 0.260 e.